The van der Waals surface area contributed by atoms with E-state index in [0.717, 1.165) is 38.3 Å². The second-order valence-corrected chi connectivity index (χ2v) is 7.52. The van der Waals surface area contributed by atoms with Crippen molar-refractivity contribution >= 4 is 6.03 Å². The monoisotopic (exact) mass is 370 g/mol. The molecule has 27 heavy (non-hydrogen) atoms. The van der Waals surface area contributed by atoms with Gasteiger partial charge in [-0.25, -0.2) is 4.79 Å². The number of benzene rings is 1. The van der Waals surface area contributed by atoms with Crippen molar-refractivity contribution in [3.63, 3.8) is 0 Å². The highest BCUT2D eigenvalue weighted by molar-refractivity contribution is 5.73. The summed E-state index contributed by atoms with van der Waals surface area (Å²) in [6.45, 7) is 6.32. The number of urea groups is 1. The predicted octanol–water partition coefficient (Wildman–Crippen LogP) is 3.08. The molecule has 0 bridgehead atoms. The van der Waals surface area contributed by atoms with Gasteiger partial charge in [-0.1, -0.05) is 35.5 Å². The van der Waals surface area contributed by atoms with Gasteiger partial charge in [-0.2, -0.15) is 0 Å². The molecule has 146 valence electrons. The molecule has 3 rings (SSSR count). The average molecular weight is 370 g/mol. The minimum absolute atomic E-state index is 0.0644. The van der Waals surface area contributed by atoms with Gasteiger partial charge in [0, 0.05) is 32.7 Å². The van der Waals surface area contributed by atoms with E-state index in [1.807, 2.05) is 13.0 Å². The summed E-state index contributed by atoms with van der Waals surface area (Å²) < 4.78 is 5.18. The molecule has 6 heteroatoms. The summed E-state index contributed by atoms with van der Waals surface area (Å²) in [4.78, 5) is 16.5. The standard InChI is InChI=1S/C21H30N4O2/c1-17-13-20(27-23-17)16-24(2)21(26)22-14-19-9-6-11-25(15-19)12-10-18-7-4-3-5-8-18/h3-5,7-8,13,19H,6,9-12,14-16H2,1-2H3,(H,22,26)/t19-/m0/s1. The Morgan fingerprint density at radius 3 is 2.93 bits per heavy atom. The van der Waals surface area contributed by atoms with E-state index in [4.69, 9.17) is 4.52 Å². The number of carbonyl (C=O) groups is 1. The number of rotatable bonds is 7. The molecule has 1 atom stereocenters. The third-order valence-electron chi connectivity index (χ3n) is 5.12. The zero-order chi connectivity index (χ0) is 19.1. The summed E-state index contributed by atoms with van der Waals surface area (Å²) in [5.41, 5.74) is 2.22. The van der Waals surface area contributed by atoms with Gasteiger partial charge in [0.2, 0.25) is 0 Å². The fourth-order valence-electron chi connectivity index (χ4n) is 3.62. The van der Waals surface area contributed by atoms with E-state index < -0.39 is 0 Å². The van der Waals surface area contributed by atoms with Crippen molar-refractivity contribution in [1.29, 1.82) is 0 Å². The number of nitrogens with one attached hydrogen (secondary N) is 1. The average Bonchev–Trinajstić information content (AvgIpc) is 3.10. The fourth-order valence-corrected chi connectivity index (χ4v) is 3.62. The Kier molecular flexibility index (Phi) is 6.87. The number of hydrogen-bond acceptors (Lipinski definition) is 4. The Bertz CT molecular complexity index is 716. The van der Waals surface area contributed by atoms with Crippen LogP contribution in [0.5, 0.6) is 0 Å². The molecule has 6 nitrogen and oxygen atoms in total. The van der Waals surface area contributed by atoms with Gasteiger partial charge < -0.3 is 19.6 Å². The largest absolute Gasteiger partial charge is 0.359 e. The first-order valence-corrected chi connectivity index (χ1v) is 9.77. The van der Waals surface area contributed by atoms with Crippen LogP contribution in [0.1, 0.15) is 29.9 Å². The lowest BCUT2D eigenvalue weighted by molar-refractivity contribution is 0.167. The Labute approximate surface area is 161 Å². The van der Waals surface area contributed by atoms with Gasteiger partial charge >= 0.3 is 6.03 Å². The summed E-state index contributed by atoms with van der Waals surface area (Å²) >= 11 is 0. The van der Waals surface area contributed by atoms with E-state index in [2.05, 4.69) is 45.7 Å². The summed E-state index contributed by atoms with van der Waals surface area (Å²) in [7, 11) is 1.78. The van der Waals surface area contributed by atoms with Crippen LogP contribution < -0.4 is 5.32 Å². The van der Waals surface area contributed by atoms with E-state index in [1.165, 1.54) is 18.4 Å². The van der Waals surface area contributed by atoms with Crippen molar-refractivity contribution in [3.05, 3.63) is 53.4 Å². The van der Waals surface area contributed by atoms with Gasteiger partial charge in [-0.3, -0.25) is 0 Å². The molecule has 1 aromatic heterocycles. The van der Waals surface area contributed by atoms with E-state index in [1.54, 1.807) is 11.9 Å². The lowest BCUT2D eigenvalue weighted by Gasteiger charge is -2.33. The van der Waals surface area contributed by atoms with Gasteiger partial charge in [-0.05, 0) is 44.2 Å². The smallest absolute Gasteiger partial charge is 0.317 e. The van der Waals surface area contributed by atoms with Crippen LogP contribution in [0.4, 0.5) is 4.79 Å². The van der Waals surface area contributed by atoms with Crippen LogP contribution in [-0.2, 0) is 13.0 Å². The van der Waals surface area contributed by atoms with Crippen LogP contribution in [-0.4, -0.2) is 54.2 Å². The molecule has 2 amide bonds. The second kappa shape index (κ2) is 9.55. The zero-order valence-electron chi connectivity index (χ0n) is 16.4. The maximum absolute atomic E-state index is 12.3. The Morgan fingerprint density at radius 1 is 1.37 bits per heavy atom. The van der Waals surface area contributed by atoms with Gasteiger partial charge in [0.1, 0.15) is 0 Å². The molecule has 0 unspecified atom stereocenters. The van der Waals surface area contributed by atoms with E-state index >= 15 is 0 Å². The summed E-state index contributed by atoms with van der Waals surface area (Å²) in [5.74, 6) is 1.22. The van der Waals surface area contributed by atoms with Gasteiger partial charge in [0.15, 0.2) is 5.76 Å². The predicted molar refractivity (Wildman–Crippen MR) is 105 cm³/mol. The third kappa shape index (κ3) is 6.10. The first-order valence-electron chi connectivity index (χ1n) is 9.77. The molecule has 2 aromatic rings. The molecule has 1 fully saturated rings. The molecule has 1 saturated heterocycles. The number of aromatic nitrogens is 1. The second-order valence-electron chi connectivity index (χ2n) is 7.52. The SMILES string of the molecule is Cc1cc(CN(C)C(=O)NC[C@@H]2CCCN(CCc3ccccc3)C2)on1. The molecule has 2 heterocycles. The third-order valence-corrected chi connectivity index (χ3v) is 5.12. The van der Waals surface area contributed by atoms with Gasteiger partial charge in [0.05, 0.1) is 12.2 Å². The topological polar surface area (TPSA) is 61.6 Å². The molecule has 0 saturated carbocycles. The number of likely N-dealkylation sites (tertiary alicyclic amines) is 1. The number of piperidine rings is 1. The summed E-state index contributed by atoms with van der Waals surface area (Å²) in [6.07, 6.45) is 3.45. The molecule has 0 radical (unpaired) electrons. The number of amides is 2. The number of hydrogen-bond donors (Lipinski definition) is 1. The number of nitrogens with zero attached hydrogens (tertiary/aromatic N) is 3. The fraction of sp³-hybridized carbons (Fsp3) is 0.524. The van der Waals surface area contributed by atoms with E-state index in [0.29, 0.717) is 18.2 Å². The summed E-state index contributed by atoms with van der Waals surface area (Å²) in [6, 6.07) is 12.4. The lowest BCUT2D eigenvalue weighted by atomic mass is 9.97. The molecular weight excluding hydrogens is 340 g/mol. The maximum atomic E-state index is 12.3. The number of aryl methyl sites for hydroxylation is 1. The van der Waals surface area contributed by atoms with Crippen LogP contribution in [0.2, 0.25) is 0 Å². The molecule has 1 aliphatic heterocycles. The van der Waals surface area contributed by atoms with Gasteiger partial charge in [-0.15, -0.1) is 0 Å². The van der Waals surface area contributed by atoms with Crippen molar-refractivity contribution in [2.24, 2.45) is 5.92 Å². The maximum Gasteiger partial charge on any atom is 0.317 e. The molecule has 0 aliphatic carbocycles. The Hall–Kier alpha value is -2.34. The number of carbonyl (C=O) groups excluding carboxylic acids is 1. The highest BCUT2D eigenvalue weighted by Crippen LogP contribution is 2.16. The Balaban J connectivity index is 1.38. The van der Waals surface area contributed by atoms with Crippen molar-refractivity contribution in [3.8, 4) is 0 Å². The first-order chi connectivity index (χ1) is 13.1. The molecular formula is C21H30N4O2. The van der Waals surface area contributed by atoms with E-state index in [9.17, 15) is 4.79 Å². The zero-order valence-corrected chi connectivity index (χ0v) is 16.4. The minimum Gasteiger partial charge on any atom is -0.359 e. The highest BCUT2D eigenvalue weighted by atomic mass is 16.5. The van der Waals surface area contributed by atoms with Crippen molar-refractivity contribution in [2.75, 3.05) is 33.2 Å². The minimum atomic E-state index is -0.0644. The lowest BCUT2D eigenvalue weighted by Crippen LogP contribution is -2.44. The van der Waals surface area contributed by atoms with Crippen LogP contribution in [0.25, 0.3) is 0 Å². The van der Waals surface area contributed by atoms with Crippen molar-refractivity contribution < 1.29 is 9.32 Å². The van der Waals surface area contributed by atoms with Crippen LogP contribution in [0.3, 0.4) is 0 Å². The molecule has 0 spiro atoms. The van der Waals surface area contributed by atoms with Crippen LogP contribution >= 0.6 is 0 Å². The van der Waals surface area contributed by atoms with E-state index in [-0.39, 0.29) is 6.03 Å². The van der Waals surface area contributed by atoms with Crippen molar-refractivity contribution in [1.82, 2.24) is 20.3 Å². The molecule has 1 N–H and O–H groups in total. The highest BCUT2D eigenvalue weighted by Gasteiger charge is 2.21. The Morgan fingerprint density at radius 2 is 2.19 bits per heavy atom. The van der Waals surface area contributed by atoms with Gasteiger partial charge in [0.25, 0.3) is 0 Å². The first kappa shape index (κ1) is 19.4. The normalized spacial score (nSPS) is 17.6. The molecule has 1 aromatic carbocycles. The molecule has 1 aliphatic rings. The van der Waals surface area contributed by atoms with Crippen molar-refractivity contribution in [2.45, 2.75) is 32.7 Å². The summed E-state index contributed by atoms with van der Waals surface area (Å²) in [5, 5.41) is 6.93. The van der Waals surface area contributed by atoms with Crippen LogP contribution in [0, 0.1) is 12.8 Å². The quantitative estimate of drug-likeness (QED) is 0.814. The van der Waals surface area contributed by atoms with Crippen LogP contribution in [0.15, 0.2) is 40.9 Å².